The molecule has 0 saturated carbocycles. The first-order valence-electron chi connectivity index (χ1n) is 5.79. The van der Waals surface area contributed by atoms with Crippen molar-refractivity contribution in [1.82, 2.24) is 4.98 Å². The number of para-hydroxylation sites is 1. The minimum Gasteiger partial charge on any atom is -0.507 e. The third-order valence-corrected chi connectivity index (χ3v) is 4.59. The Labute approximate surface area is 132 Å². The molecule has 2 N–H and O–H groups in total. The first-order chi connectivity index (χ1) is 9.63. The minimum absolute atomic E-state index is 0.0996. The molecule has 4 nitrogen and oxygen atoms in total. The van der Waals surface area contributed by atoms with E-state index in [-0.39, 0.29) is 11.7 Å². The van der Waals surface area contributed by atoms with Gasteiger partial charge in [-0.05, 0) is 52.9 Å². The maximum absolute atomic E-state index is 12.1. The van der Waals surface area contributed by atoms with Gasteiger partial charge in [0.25, 0.3) is 5.91 Å². The van der Waals surface area contributed by atoms with E-state index in [1.165, 1.54) is 17.4 Å². The molecule has 0 atom stereocenters. The van der Waals surface area contributed by atoms with Gasteiger partial charge in [-0.2, -0.15) is 0 Å². The standard InChI is InChI=1S/C14H9IN2O2S/c15-9-6-5-8(7-11(9)18)13(19)17-14-16-10-3-1-2-4-12(10)20-14/h1-7,18H,(H,16,17,19). The summed E-state index contributed by atoms with van der Waals surface area (Å²) in [5.74, 6) is -0.182. The number of phenolic OH excluding ortho intramolecular Hbond substituents is 1. The van der Waals surface area contributed by atoms with Crippen LogP contribution >= 0.6 is 33.9 Å². The molecule has 0 aliphatic heterocycles. The van der Waals surface area contributed by atoms with Crippen molar-refractivity contribution in [2.24, 2.45) is 0 Å². The molecule has 0 aliphatic rings. The number of rotatable bonds is 2. The van der Waals surface area contributed by atoms with Gasteiger partial charge in [0.05, 0.1) is 13.8 Å². The number of aromatic nitrogens is 1. The summed E-state index contributed by atoms with van der Waals surface area (Å²) in [7, 11) is 0. The van der Waals surface area contributed by atoms with Gasteiger partial charge in [0.2, 0.25) is 0 Å². The Bertz CT molecular complexity index is 768. The maximum Gasteiger partial charge on any atom is 0.257 e. The Kier molecular flexibility index (Phi) is 3.58. The second kappa shape index (κ2) is 5.37. The highest BCUT2D eigenvalue weighted by molar-refractivity contribution is 14.1. The number of hydrogen-bond acceptors (Lipinski definition) is 4. The Hall–Kier alpha value is -1.67. The number of benzene rings is 2. The summed E-state index contributed by atoms with van der Waals surface area (Å²) in [6, 6.07) is 12.5. The number of hydrogen-bond donors (Lipinski definition) is 2. The zero-order valence-corrected chi connectivity index (χ0v) is 13.1. The summed E-state index contributed by atoms with van der Waals surface area (Å²) in [4.78, 5) is 16.4. The molecule has 3 aromatic rings. The van der Waals surface area contributed by atoms with Gasteiger partial charge in [0, 0.05) is 5.56 Å². The predicted octanol–water partition coefficient (Wildman–Crippen LogP) is 3.86. The highest BCUT2D eigenvalue weighted by Gasteiger charge is 2.11. The van der Waals surface area contributed by atoms with Crippen molar-refractivity contribution in [2.75, 3.05) is 5.32 Å². The molecular weight excluding hydrogens is 387 g/mol. The lowest BCUT2D eigenvalue weighted by molar-refractivity contribution is 0.102. The van der Waals surface area contributed by atoms with Gasteiger partial charge in [0.1, 0.15) is 5.75 Å². The molecule has 0 spiro atoms. The highest BCUT2D eigenvalue weighted by atomic mass is 127. The van der Waals surface area contributed by atoms with Crippen LogP contribution in [0.15, 0.2) is 42.5 Å². The van der Waals surface area contributed by atoms with E-state index in [0.29, 0.717) is 14.3 Å². The quantitative estimate of drug-likeness (QED) is 0.647. The van der Waals surface area contributed by atoms with E-state index in [0.717, 1.165) is 10.2 Å². The van der Waals surface area contributed by atoms with Crippen LogP contribution in [0.2, 0.25) is 0 Å². The monoisotopic (exact) mass is 396 g/mol. The second-order valence-corrected chi connectivity index (χ2v) is 6.30. The number of amides is 1. The number of nitrogens with one attached hydrogen (secondary N) is 1. The molecule has 0 fully saturated rings. The number of nitrogens with zero attached hydrogens (tertiary/aromatic N) is 1. The number of carbonyl (C=O) groups excluding carboxylic acids is 1. The van der Waals surface area contributed by atoms with E-state index in [9.17, 15) is 9.90 Å². The van der Waals surface area contributed by atoms with Gasteiger partial charge in [-0.3, -0.25) is 10.1 Å². The lowest BCUT2D eigenvalue weighted by Gasteiger charge is -2.03. The number of halogens is 1. The van der Waals surface area contributed by atoms with Gasteiger partial charge >= 0.3 is 0 Å². The van der Waals surface area contributed by atoms with Crippen molar-refractivity contribution >= 4 is 55.2 Å². The van der Waals surface area contributed by atoms with E-state index >= 15 is 0 Å². The molecule has 0 unspecified atom stereocenters. The fourth-order valence-corrected chi connectivity index (χ4v) is 2.95. The molecule has 3 rings (SSSR count). The Morgan fingerprint density at radius 1 is 1.25 bits per heavy atom. The highest BCUT2D eigenvalue weighted by Crippen LogP contribution is 2.26. The number of fused-ring (bicyclic) bond motifs is 1. The molecule has 100 valence electrons. The number of thiazole rings is 1. The van der Waals surface area contributed by atoms with E-state index in [1.54, 1.807) is 12.1 Å². The number of carbonyl (C=O) groups is 1. The lowest BCUT2D eigenvalue weighted by atomic mass is 10.2. The van der Waals surface area contributed by atoms with Crippen molar-refractivity contribution in [3.8, 4) is 5.75 Å². The van der Waals surface area contributed by atoms with Gasteiger partial charge in [-0.25, -0.2) is 4.98 Å². The molecular formula is C14H9IN2O2S. The van der Waals surface area contributed by atoms with Crippen molar-refractivity contribution in [2.45, 2.75) is 0 Å². The summed E-state index contributed by atoms with van der Waals surface area (Å²) in [5, 5.41) is 12.9. The number of anilines is 1. The van der Waals surface area contributed by atoms with Crippen LogP contribution in [0.5, 0.6) is 5.75 Å². The summed E-state index contributed by atoms with van der Waals surface area (Å²) in [5.41, 5.74) is 1.26. The molecule has 1 amide bonds. The average Bonchev–Trinajstić information content (AvgIpc) is 2.83. The largest absolute Gasteiger partial charge is 0.507 e. The van der Waals surface area contributed by atoms with Crippen molar-refractivity contribution in [1.29, 1.82) is 0 Å². The molecule has 20 heavy (non-hydrogen) atoms. The van der Waals surface area contributed by atoms with Crippen LogP contribution in [-0.4, -0.2) is 16.0 Å². The third kappa shape index (κ3) is 2.61. The van der Waals surface area contributed by atoms with Gasteiger partial charge < -0.3 is 5.11 Å². The fraction of sp³-hybridized carbons (Fsp3) is 0. The first-order valence-corrected chi connectivity index (χ1v) is 7.68. The average molecular weight is 396 g/mol. The molecule has 0 saturated heterocycles. The van der Waals surface area contributed by atoms with Crippen LogP contribution in [0.4, 0.5) is 5.13 Å². The van der Waals surface area contributed by atoms with E-state index in [4.69, 9.17) is 0 Å². The summed E-state index contributed by atoms with van der Waals surface area (Å²) < 4.78 is 1.73. The minimum atomic E-state index is -0.282. The summed E-state index contributed by atoms with van der Waals surface area (Å²) in [6.07, 6.45) is 0. The van der Waals surface area contributed by atoms with Gasteiger partial charge in [-0.1, -0.05) is 23.5 Å². The van der Waals surface area contributed by atoms with Crippen LogP contribution in [0.3, 0.4) is 0 Å². The van der Waals surface area contributed by atoms with E-state index < -0.39 is 0 Å². The third-order valence-electron chi connectivity index (χ3n) is 2.72. The zero-order chi connectivity index (χ0) is 14.1. The van der Waals surface area contributed by atoms with Crippen LogP contribution < -0.4 is 5.32 Å². The van der Waals surface area contributed by atoms with Crippen molar-refractivity contribution in [3.63, 3.8) is 0 Å². The first kappa shape index (κ1) is 13.3. The van der Waals surface area contributed by atoms with Gasteiger partial charge in [-0.15, -0.1) is 0 Å². The maximum atomic E-state index is 12.1. The van der Waals surface area contributed by atoms with E-state index in [1.807, 2.05) is 46.9 Å². The van der Waals surface area contributed by atoms with Crippen molar-refractivity contribution in [3.05, 3.63) is 51.6 Å². The number of phenols is 1. The number of aromatic hydroxyl groups is 1. The Balaban J connectivity index is 1.86. The Morgan fingerprint density at radius 2 is 2.05 bits per heavy atom. The molecule has 0 bridgehead atoms. The van der Waals surface area contributed by atoms with Crippen molar-refractivity contribution < 1.29 is 9.90 Å². The summed E-state index contributed by atoms with van der Waals surface area (Å²) in [6.45, 7) is 0. The smallest absolute Gasteiger partial charge is 0.257 e. The molecule has 1 heterocycles. The topological polar surface area (TPSA) is 62.2 Å². The molecule has 0 aliphatic carbocycles. The molecule has 2 aromatic carbocycles. The van der Waals surface area contributed by atoms with Crippen LogP contribution in [-0.2, 0) is 0 Å². The lowest BCUT2D eigenvalue weighted by Crippen LogP contribution is -2.11. The zero-order valence-electron chi connectivity index (χ0n) is 10.1. The van der Waals surface area contributed by atoms with Crippen LogP contribution in [0, 0.1) is 3.57 Å². The Morgan fingerprint density at radius 3 is 2.80 bits per heavy atom. The fourth-order valence-electron chi connectivity index (χ4n) is 1.75. The van der Waals surface area contributed by atoms with Crippen LogP contribution in [0.25, 0.3) is 10.2 Å². The van der Waals surface area contributed by atoms with Crippen LogP contribution in [0.1, 0.15) is 10.4 Å². The normalized spacial score (nSPS) is 10.7. The molecule has 6 heteroatoms. The second-order valence-electron chi connectivity index (χ2n) is 4.11. The van der Waals surface area contributed by atoms with Gasteiger partial charge in [0.15, 0.2) is 5.13 Å². The predicted molar refractivity (Wildman–Crippen MR) is 88.4 cm³/mol. The summed E-state index contributed by atoms with van der Waals surface area (Å²) >= 11 is 3.43. The molecule has 1 aromatic heterocycles. The molecule has 0 radical (unpaired) electrons. The SMILES string of the molecule is O=C(Nc1nc2ccccc2s1)c1ccc(I)c(O)c1. The van der Waals surface area contributed by atoms with E-state index in [2.05, 4.69) is 10.3 Å².